The first kappa shape index (κ1) is 8.05. The summed E-state index contributed by atoms with van der Waals surface area (Å²) in [5.74, 6) is 0.277. The van der Waals surface area contributed by atoms with Crippen molar-refractivity contribution in [2.45, 2.75) is 31.7 Å². The summed E-state index contributed by atoms with van der Waals surface area (Å²) < 4.78 is 0. The van der Waals surface area contributed by atoms with Crippen LogP contribution in [0.4, 0.5) is 0 Å². The number of carbonyl (C=O) groups excluding carboxylic acids is 1. The Morgan fingerprint density at radius 1 is 1.50 bits per heavy atom. The van der Waals surface area contributed by atoms with Crippen LogP contribution in [0.3, 0.4) is 0 Å². The van der Waals surface area contributed by atoms with Gasteiger partial charge in [-0.25, -0.2) is 0 Å². The van der Waals surface area contributed by atoms with Crippen LogP contribution in [-0.2, 0) is 4.79 Å². The lowest BCUT2D eigenvalue weighted by molar-refractivity contribution is -0.126. The second-order valence-corrected chi connectivity index (χ2v) is 4.06. The molecule has 12 heavy (non-hydrogen) atoms. The first-order valence-electron chi connectivity index (χ1n) is 4.72. The first-order valence-corrected chi connectivity index (χ1v) is 4.72. The van der Waals surface area contributed by atoms with Gasteiger partial charge in [0.05, 0.1) is 5.41 Å². The monoisotopic (exact) mass is 168 g/mol. The van der Waals surface area contributed by atoms with E-state index in [1.807, 2.05) is 7.05 Å². The second-order valence-electron chi connectivity index (χ2n) is 4.06. The minimum absolute atomic E-state index is 0.0304. The zero-order valence-electron chi connectivity index (χ0n) is 7.52. The van der Waals surface area contributed by atoms with Crippen LogP contribution in [0.25, 0.3) is 0 Å². The molecule has 3 nitrogen and oxygen atoms in total. The molecule has 0 unspecified atom stereocenters. The zero-order valence-corrected chi connectivity index (χ0v) is 7.52. The maximum atomic E-state index is 11.6. The number of hydrogen-bond donors (Lipinski definition) is 2. The fourth-order valence-corrected chi connectivity index (χ4v) is 1.54. The SMILES string of the molecule is CNCC1(C(=O)NC2CC2)CC1. The fraction of sp³-hybridized carbons (Fsp3) is 0.889. The molecule has 2 N–H and O–H groups in total. The molecule has 0 aromatic carbocycles. The Morgan fingerprint density at radius 2 is 2.17 bits per heavy atom. The first-order chi connectivity index (χ1) is 5.77. The molecule has 0 bridgehead atoms. The molecule has 0 aromatic rings. The van der Waals surface area contributed by atoms with Crippen LogP contribution in [0.15, 0.2) is 0 Å². The van der Waals surface area contributed by atoms with Gasteiger partial charge in [0.15, 0.2) is 0 Å². The van der Waals surface area contributed by atoms with Crippen molar-refractivity contribution in [1.29, 1.82) is 0 Å². The fourth-order valence-electron chi connectivity index (χ4n) is 1.54. The van der Waals surface area contributed by atoms with Crippen molar-refractivity contribution in [3.63, 3.8) is 0 Å². The van der Waals surface area contributed by atoms with Crippen molar-refractivity contribution in [3.8, 4) is 0 Å². The largest absolute Gasteiger partial charge is 0.353 e. The van der Waals surface area contributed by atoms with Gasteiger partial charge in [0.25, 0.3) is 0 Å². The third-order valence-electron chi connectivity index (χ3n) is 2.76. The highest BCUT2D eigenvalue weighted by atomic mass is 16.2. The van der Waals surface area contributed by atoms with Gasteiger partial charge in [-0.3, -0.25) is 4.79 Å². The van der Waals surface area contributed by atoms with Crippen molar-refractivity contribution in [2.24, 2.45) is 5.41 Å². The van der Waals surface area contributed by atoms with Crippen molar-refractivity contribution in [3.05, 3.63) is 0 Å². The lowest BCUT2D eigenvalue weighted by Crippen LogP contribution is -2.38. The lowest BCUT2D eigenvalue weighted by Gasteiger charge is -2.13. The summed E-state index contributed by atoms with van der Waals surface area (Å²) in [6, 6.07) is 0.506. The van der Waals surface area contributed by atoms with Crippen molar-refractivity contribution < 1.29 is 4.79 Å². The molecular weight excluding hydrogens is 152 g/mol. The van der Waals surface area contributed by atoms with Crippen LogP contribution in [0.5, 0.6) is 0 Å². The smallest absolute Gasteiger partial charge is 0.227 e. The quantitative estimate of drug-likeness (QED) is 0.632. The molecule has 0 aliphatic heterocycles. The van der Waals surface area contributed by atoms with Crippen molar-refractivity contribution in [2.75, 3.05) is 13.6 Å². The molecule has 1 amide bonds. The number of hydrogen-bond acceptors (Lipinski definition) is 2. The maximum absolute atomic E-state index is 11.6. The van der Waals surface area contributed by atoms with E-state index in [2.05, 4.69) is 10.6 Å². The summed E-state index contributed by atoms with van der Waals surface area (Å²) in [5, 5.41) is 6.15. The van der Waals surface area contributed by atoms with Crippen LogP contribution >= 0.6 is 0 Å². The summed E-state index contributed by atoms with van der Waals surface area (Å²) in [6.07, 6.45) is 4.49. The Labute approximate surface area is 72.9 Å². The van der Waals surface area contributed by atoms with Crippen LogP contribution in [0.1, 0.15) is 25.7 Å². The number of carbonyl (C=O) groups is 1. The van der Waals surface area contributed by atoms with E-state index in [4.69, 9.17) is 0 Å². The Morgan fingerprint density at radius 3 is 2.58 bits per heavy atom. The molecule has 0 atom stereocenters. The van der Waals surface area contributed by atoms with Gasteiger partial charge >= 0.3 is 0 Å². The Hall–Kier alpha value is -0.570. The summed E-state index contributed by atoms with van der Waals surface area (Å²) >= 11 is 0. The maximum Gasteiger partial charge on any atom is 0.227 e. The highest BCUT2D eigenvalue weighted by Crippen LogP contribution is 2.45. The highest BCUT2D eigenvalue weighted by molar-refractivity contribution is 5.86. The molecule has 3 heteroatoms. The van der Waals surface area contributed by atoms with E-state index >= 15 is 0 Å². The molecule has 2 aliphatic rings. The van der Waals surface area contributed by atoms with E-state index in [0.717, 1.165) is 19.4 Å². The van der Waals surface area contributed by atoms with Crippen LogP contribution < -0.4 is 10.6 Å². The number of rotatable bonds is 4. The molecule has 0 aromatic heterocycles. The molecule has 0 heterocycles. The van der Waals surface area contributed by atoms with Crippen molar-refractivity contribution >= 4 is 5.91 Å². The molecule has 2 aliphatic carbocycles. The molecule has 0 saturated heterocycles. The van der Waals surface area contributed by atoms with Gasteiger partial charge in [-0.05, 0) is 32.7 Å². The Balaban J connectivity index is 1.84. The van der Waals surface area contributed by atoms with Gasteiger partial charge in [-0.2, -0.15) is 0 Å². The molecule has 0 spiro atoms. The summed E-state index contributed by atoms with van der Waals surface area (Å²) in [6.45, 7) is 0.839. The van der Waals surface area contributed by atoms with Crippen LogP contribution in [0.2, 0.25) is 0 Å². The standard InChI is InChI=1S/C9H16N2O/c1-10-6-9(4-5-9)8(12)11-7-2-3-7/h7,10H,2-6H2,1H3,(H,11,12). The molecular formula is C9H16N2O. The van der Waals surface area contributed by atoms with E-state index in [9.17, 15) is 4.79 Å². The number of nitrogens with one attached hydrogen (secondary N) is 2. The van der Waals surface area contributed by atoms with E-state index < -0.39 is 0 Å². The van der Waals surface area contributed by atoms with E-state index in [-0.39, 0.29) is 11.3 Å². The predicted octanol–water partition coefficient (Wildman–Crippen LogP) is 0.265. The zero-order chi connectivity index (χ0) is 8.60. The number of amides is 1. The van der Waals surface area contributed by atoms with Gasteiger partial charge in [0.2, 0.25) is 5.91 Å². The van der Waals surface area contributed by atoms with Gasteiger partial charge in [-0.15, -0.1) is 0 Å². The van der Waals surface area contributed by atoms with Gasteiger partial charge in [0.1, 0.15) is 0 Å². The highest BCUT2D eigenvalue weighted by Gasteiger charge is 2.50. The topological polar surface area (TPSA) is 41.1 Å². The Kier molecular flexibility index (Phi) is 1.83. The lowest BCUT2D eigenvalue weighted by atomic mass is 10.1. The third-order valence-corrected chi connectivity index (χ3v) is 2.76. The molecule has 2 fully saturated rings. The average Bonchev–Trinajstić information content (AvgIpc) is 2.82. The summed E-state index contributed by atoms with van der Waals surface area (Å²) in [4.78, 5) is 11.6. The van der Waals surface area contributed by atoms with Crippen molar-refractivity contribution in [1.82, 2.24) is 10.6 Å². The second kappa shape index (κ2) is 2.73. The van der Waals surface area contributed by atoms with E-state index in [1.54, 1.807) is 0 Å². The molecule has 2 rings (SSSR count). The molecule has 2 saturated carbocycles. The van der Waals surface area contributed by atoms with E-state index in [1.165, 1.54) is 12.8 Å². The Bertz CT molecular complexity index is 195. The van der Waals surface area contributed by atoms with Gasteiger partial charge < -0.3 is 10.6 Å². The van der Waals surface area contributed by atoms with Crippen LogP contribution in [-0.4, -0.2) is 25.5 Å². The minimum Gasteiger partial charge on any atom is -0.353 e. The normalized spacial score (nSPS) is 25.1. The molecule has 0 radical (unpaired) electrons. The van der Waals surface area contributed by atoms with Crippen LogP contribution in [0, 0.1) is 5.41 Å². The average molecular weight is 168 g/mol. The molecule has 68 valence electrons. The third kappa shape index (κ3) is 1.46. The summed E-state index contributed by atoms with van der Waals surface area (Å²) in [7, 11) is 1.91. The van der Waals surface area contributed by atoms with Gasteiger partial charge in [-0.1, -0.05) is 0 Å². The minimum atomic E-state index is -0.0304. The summed E-state index contributed by atoms with van der Waals surface area (Å²) in [5.41, 5.74) is -0.0304. The predicted molar refractivity (Wildman–Crippen MR) is 46.8 cm³/mol. The van der Waals surface area contributed by atoms with E-state index in [0.29, 0.717) is 6.04 Å². The van der Waals surface area contributed by atoms with Gasteiger partial charge in [0, 0.05) is 12.6 Å².